The lowest BCUT2D eigenvalue weighted by molar-refractivity contribution is -0.117. The lowest BCUT2D eigenvalue weighted by Crippen LogP contribution is -2.32. The maximum Gasteiger partial charge on any atom is 0.413 e. The van der Waals surface area contributed by atoms with E-state index in [9.17, 15) is 14.4 Å². The van der Waals surface area contributed by atoms with Crippen LogP contribution in [-0.4, -0.2) is 33.9 Å². The Morgan fingerprint density at radius 3 is 2.52 bits per heavy atom. The number of para-hydroxylation sites is 1. The number of nitrogens with zero attached hydrogens (tertiary/aromatic N) is 2. The van der Waals surface area contributed by atoms with Crippen molar-refractivity contribution in [2.24, 2.45) is 0 Å². The van der Waals surface area contributed by atoms with Crippen molar-refractivity contribution in [3.8, 4) is 5.69 Å². The van der Waals surface area contributed by atoms with Crippen LogP contribution in [0.5, 0.6) is 0 Å². The molecule has 3 aromatic rings. The van der Waals surface area contributed by atoms with E-state index in [1.54, 1.807) is 25.1 Å². The van der Waals surface area contributed by atoms with E-state index in [4.69, 9.17) is 4.74 Å². The fourth-order valence-electron chi connectivity index (χ4n) is 3.07. The molecule has 1 heterocycles. The van der Waals surface area contributed by atoms with Crippen molar-refractivity contribution in [3.05, 3.63) is 64.4 Å². The number of carbonyl (C=O) groups excluding carboxylic acids is 2. The molecule has 0 bridgehead atoms. The molecule has 1 atom stereocenters. The maximum atomic E-state index is 13.3. The summed E-state index contributed by atoms with van der Waals surface area (Å²) in [4.78, 5) is 41.4. The Morgan fingerprint density at radius 2 is 1.84 bits per heavy atom. The topological polar surface area (TPSA) is 90.3 Å². The van der Waals surface area contributed by atoms with Gasteiger partial charge in [-0.05, 0) is 49.1 Å². The van der Waals surface area contributed by atoms with E-state index >= 15 is 0 Å². The van der Waals surface area contributed by atoms with Gasteiger partial charge in [0.25, 0.3) is 5.56 Å². The quantitative estimate of drug-likeness (QED) is 0.437. The fourth-order valence-corrected chi connectivity index (χ4v) is 3.88. The van der Waals surface area contributed by atoms with Crippen LogP contribution in [0.2, 0.25) is 0 Å². The molecule has 7 nitrogen and oxygen atoms in total. The molecule has 3 rings (SSSR count). The van der Waals surface area contributed by atoms with Gasteiger partial charge in [-0.3, -0.25) is 19.5 Å². The average molecular weight is 440 g/mol. The van der Waals surface area contributed by atoms with Crippen LogP contribution in [0.4, 0.5) is 4.79 Å². The van der Waals surface area contributed by atoms with Gasteiger partial charge in [0.1, 0.15) is 0 Å². The van der Waals surface area contributed by atoms with Gasteiger partial charge in [-0.25, -0.2) is 9.78 Å². The van der Waals surface area contributed by atoms with Crippen LogP contribution in [-0.2, 0) is 9.53 Å². The zero-order valence-electron chi connectivity index (χ0n) is 17.8. The molecule has 2 amide bonds. The zero-order valence-corrected chi connectivity index (χ0v) is 18.6. The van der Waals surface area contributed by atoms with E-state index in [-0.39, 0.29) is 17.9 Å². The summed E-state index contributed by atoms with van der Waals surface area (Å²) < 4.78 is 6.23. The first kappa shape index (κ1) is 22.6. The lowest BCUT2D eigenvalue weighted by Gasteiger charge is -2.15. The number of fused-ring (bicyclic) bond motifs is 1. The second kappa shape index (κ2) is 10.3. The van der Waals surface area contributed by atoms with Crippen molar-refractivity contribution in [1.29, 1.82) is 0 Å². The van der Waals surface area contributed by atoms with Gasteiger partial charge >= 0.3 is 6.09 Å². The standard InChI is InChI=1S/C23H25N3O4S/c1-4-15(3)16-10-12-17(13-11-16)26-21(28)18-8-6-7-9-19(18)24-22(26)31-14-20(27)25-23(29)30-5-2/h6-13,15H,4-5,14H2,1-3H3,(H,25,27,29). The summed E-state index contributed by atoms with van der Waals surface area (Å²) in [7, 11) is 0. The van der Waals surface area contributed by atoms with Gasteiger partial charge in [0.15, 0.2) is 5.16 Å². The largest absolute Gasteiger partial charge is 0.450 e. The van der Waals surface area contributed by atoms with Gasteiger partial charge in [0, 0.05) is 0 Å². The van der Waals surface area contributed by atoms with Crippen molar-refractivity contribution in [2.75, 3.05) is 12.4 Å². The van der Waals surface area contributed by atoms with Crippen LogP contribution in [0, 0.1) is 0 Å². The summed E-state index contributed by atoms with van der Waals surface area (Å²) in [6.07, 6.45) is 0.227. The molecule has 0 saturated carbocycles. The summed E-state index contributed by atoms with van der Waals surface area (Å²) in [5, 5.41) is 3.02. The number of hydrogen-bond donors (Lipinski definition) is 1. The third kappa shape index (κ3) is 5.32. The number of nitrogens with one attached hydrogen (secondary N) is 1. The van der Waals surface area contributed by atoms with E-state index in [1.807, 2.05) is 30.3 Å². The number of alkyl carbamates (subject to hydrolysis) is 1. The summed E-state index contributed by atoms with van der Waals surface area (Å²) >= 11 is 1.09. The van der Waals surface area contributed by atoms with Crippen LogP contribution in [0.1, 0.15) is 38.7 Å². The number of hydrogen-bond acceptors (Lipinski definition) is 6. The van der Waals surface area contributed by atoms with Crippen LogP contribution in [0.15, 0.2) is 58.5 Å². The Balaban J connectivity index is 1.97. The first-order valence-corrected chi connectivity index (χ1v) is 11.1. The van der Waals surface area contributed by atoms with Gasteiger partial charge < -0.3 is 4.74 Å². The van der Waals surface area contributed by atoms with Gasteiger partial charge in [0.05, 0.1) is 29.0 Å². The highest BCUT2D eigenvalue weighted by molar-refractivity contribution is 7.99. The number of imide groups is 1. The molecule has 1 unspecified atom stereocenters. The number of thioether (sulfide) groups is 1. The van der Waals surface area contributed by atoms with Gasteiger partial charge in [0.2, 0.25) is 5.91 Å². The third-order valence-electron chi connectivity index (χ3n) is 4.93. The molecule has 0 aliphatic carbocycles. The van der Waals surface area contributed by atoms with Crippen LogP contribution in [0.3, 0.4) is 0 Å². The van der Waals surface area contributed by atoms with Gasteiger partial charge in [-0.15, -0.1) is 0 Å². The highest BCUT2D eigenvalue weighted by Crippen LogP contribution is 2.24. The number of amides is 2. The van der Waals surface area contributed by atoms with E-state index in [2.05, 4.69) is 24.1 Å². The van der Waals surface area contributed by atoms with Crippen molar-refractivity contribution >= 4 is 34.7 Å². The predicted octanol–water partition coefficient (Wildman–Crippen LogP) is 4.26. The highest BCUT2D eigenvalue weighted by Gasteiger charge is 2.16. The Hall–Kier alpha value is -3.13. The summed E-state index contributed by atoms with van der Waals surface area (Å²) in [6.45, 7) is 6.11. The monoisotopic (exact) mass is 439 g/mol. The Labute approximate surface area is 184 Å². The molecule has 8 heteroatoms. The minimum atomic E-state index is -0.794. The first-order chi connectivity index (χ1) is 14.9. The fraction of sp³-hybridized carbons (Fsp3) is 0.304. The minimum absolute atomic E-state index is 0.0887. The lowest BCUT2D eigenvalue weighted by atomic mass is 9.98. The number of benzene rings is 2. The molecule has 31 heavy (non-hydrogen) atoms. The maximum absolute atomic E-state index is 13.3. The zero-order chi connectivity index (χ0) is 22.4. The van der Waals surface area contributed by atoms with Crippen molar-refractivity contribution in [2.45, 2.75) is 38.3 Å². The van der Waals surface area contributed by atoms with E-state index in [0.29, 0.717) is 27.7 Å². The van der Waals surface area contributed by atoms with Crippen molar-refractivity contribution in [1.82, 2.24) is 14.9 Å². The first-order valence-electron chi connectivity index (χ1n) is 10.2. The normalized spacial score (nSPS) is 11.8. The van der Waals surface area contributed by atoms with Crippen molar-refractivity contribution < 1.29 is 14.3 Å². The number of aromatic nitrogens is 2. The number of carbonyl (C=O) groups is 2. The smallest absolute Gasteiger partial charge is 0.413 e. The molecule has 0 saturated heterocycles. The predicted molar refractivity (Wildman–Crippen MR) is 122 cm³/mol. The number of rotatable bonds is 7. The van der Waals surface area contributed by atoms with Gasteiger partial charge in [-0.1, -0.05) is 49.9 Å². The summed E-state index contributed by atoms with van der Waals surface area (Å²) in [5.74, 6) is -0.195. The molecular formula is C23H25N3O4S. The van der Waals surface area contributed by atoms with Gasteiger partial charge in [-0.2, -0.15) is 0 Å². The Morgan fingerprint density at radius 1 is 1.13 bits per heavy atom. The molecule has 0 aliphatic heterocycles. The third-order valence-corrected chi connectivity index (χ3v) is 5.87. The molecular weight excluding hydrogens is 414 g/mol. The number of ether oxygens (including phenoxy) is 1. The van der Waals surface area contributed by atoms with Crippen LogP contribution in [0.25, 0.3) is 16.6 Å². The van der Waals surface area contributed by atoms with Crippen LogP contribution < -0.4 is 10.9 Å². The average Bonchev–Trinajstić information content (AvgIpc) is 2.77. The van der Waals surface area contributed by atoms with E-state index < -0.39 is 12.0 Å². The Bertz CT molecular complexity index is 1140. The molecule has 0 radical (unpaired) electrons. The summed E-state index contributed by atoms with van der Waals surface area (Å²) in [5.41, 5.74) is 2.20. The SMILES string of the molecule is CCOC(=O)NC(=O)CSc1nc2ccccc2c(=O)n1-c1ccc(C(C)CC)cc1. The van der Waals surface area contributed by atoms with E-state index in [0.717, 1.165) is 18.2 Å². The second-order valence-corrected chi connectivity index (χ2v) is 7.95. The molecule has 1 aromatic heterocycles. The van der Waals surface area contributed by atoms with E-state index in [1.165, 1.54) is 10.1 Å². The minimum Gasteiger partial charge on any atom is -0.450 e. The second-order valence-electron chi connectivity index (χ2n) is 7.01. The Kier molecular flexibility index (Phi) is 7.46. The highest BCUT2D eigenvalue weighted by atomic mass is 32.2. The molecule has 162 valence electrons. The molecule has 1 N–H and O–H groups in total. The van der Waals surface area contributed by atoms with Crippen molar-refractivity contribution in [3.63, 3.8) is 0 Å². The molecule has 0 spiro atoms. The summed E-state index contributed by atoms with van der Waals surface area (Å²) in [6, 6.07) is 14.9. The molecule has 0 aliphatic rings. The molecule has 2 aromatic carbocycles. The van der Waals surface area contributed by atoms with Crippen LogP contribution >= 0.6 is 11.8 Å². The molecule has 0 fully saturated rings.